The lowest BCUT2D eigenvalue weighted by Crippen LogP contribution is -2.07. The first-order chi connectivity index (χ1) is 5.65. The maximum absolute atomic E-state index is 12.8. The van der Waals surface area contributed by atoms with E-state index in [9.17, 15) is 9.18 Å². The Balaban J connectivity index is 2.87. The largest absolute Gasteiger partial charge is 0.461 e. The average molecular weight is 172 g/mol. The number of carbonyl (C=O) groups is 1. The summed E-state index contributed by atoms with van der Waals surface area (Å²) in [5, 5.41) is 3.60. The molecular weight excluding hydrogens is 163 g/mol. The second kappa shape index (κ2) is 3.34. The number of ether oxygens (including phenoxy) is 1. The van der Waals surface area contributed by atoms with E-state index in [1.165, 1.54) is 11.7 Å². The summed E-state index contributed by atoms with van der Waals surface area (Å²) in [6.07, 6.45) is 1.12. The summed E-state index contributed by atoms with van der Waals surface area (Å²) in [5.41, 5.74) is -0.264. The zero-order valence-electron chi connectivity index (χ0n) is 6.87. The molecule has 0 aliphatic carbocycles. The number of esters is 1. The molecular formula is C7H9FN2O2. The van der Waals surface area contributed by atoms with Gasteiger partial charge in [-0.3, -0.25) is 4.68 Å². The summed E-state index contributed by atoms with van der Waals surface area (Å²) < 4.78 is 18.6. The van der Waals surface area contributed by atoms with Crippen molar-refractivity contribution in [3.8, 4) is 0 Å². The standard InChI is InChI=1S/C7H9FN2O2/c1-3-12-7(11)6-5(8)4-10(2)9-6/h4H,3H2,1-2H3. The minimum Gasteiger partial charge on any atom is -0.461 e. The number of nitrogens with zero attached hydrogens (tertiary/aromatic N) is 2. The molecule has 1 aromatic heterocycles. The lowest BCUT2D eigenvalue weighted by Gasteiger charge is -1.96. The van der Waals surface area contributed by atoms with Gasteiger partial charge in [-0.25, -0.2) is 9.18 Å². The monoisotopic (exact) mass is 172 g/mol. The first-order valence-corrected chi connectivity index (χ1v) is 3.51. The minimum atomic E-state index is -0.726. The second-order valence-corrected chi connectivity index (χ2v) is 2.22. The van der Waals surface area contributed by atoms with Crippen molar-refractivity contribution < 1.29 is 13.9 Å². The van der Waals surface area contributed by atoms with Crippen LogP contribution in [-0.2, 0) is 11.8 Å². The number of rotatable bonds is 2. The van der Waals surface area contributed by atoms with Crippen molar-refractivity contribution in [2.24, 2.45) is 7.05 Å². The second-order valence-electron chi connectivity index (χ2n) is 2.22. The fourth-order valence-electron chi connectivity index (χ4n) is 0.797. The summed E-state index contributed by atoms with van der Waals surface area (Å²) in [7, 11) is 1.53. The third-order valence-electron chi connectivity index (χ3n) is 1.25. The van der Waals surface area contributed by atoms with E-state index in [1.54, 1.807) is 6.92 Å². The molecule has 0 atom stereocenters. The Hall–Kier alpha value is -1.39. The van der Waals surface area contributed by atoms with Crippen LogP contribution in [0, 0.1) is 5.82 Å². The fraction of sp³-hybridized carbons (Fsp3) is 0.429. The quantitative estimate of drug-likeness (QED) is 0.618. The first kappa shape index (κ1) is 8.70. The Kier molecular flexibility index (Phi) is 2.42. The van der Waals surface area contributed by atoms with Crippen molar-refractivity contribution in [2.75, 3.05) is 6.61 Å². The molecule has 0 aromatic carbocycles. The third kappa shape index (κ3) is 1.61. The lowest BCUT2D eigenvalue weighted by molar-refractivity contribution is 0.0513. The molecule has 0 aliphatic rings. The molecule has 5 heteroatoms. The van der Waals surface area contributed by atoms with Crippen molar-refractivity contribution in [3.63, 3.8) is 0 Å². The van der Waals surface area contributed by atoms with E-state index in [0.717, 1.165) is 6.20 Å². The highest BCUT2D eigenvalue weighted by Gasteiger charge is 2.16. The predicted molar refractivity (Wildman–Crippen MR) is 39.1 cm³/mol. The number of aryl methyl sites for hydroxylation is 1. The first-order valence-electron chi connectivity index (χ1n) is 3.51. The van der Waals surface area contributed by atoms with Gasteiger partial charge in [0.25, 0.3) is 0 Å². The molecule has 0 N–H and O–H groups in total. The van der Waals surface area contributed by atoms with Crippen LogP contribution in [0.2, 0.25) is 0 Å². The molecule has 0 unspecified atom stereocenters. The summed E-state index contributed by atoms with van der Waals surface area (Å²) in [6.45, 7) is 1.87. The molecule has 1 rings (SSSR count). The molecule has 0 aliphatic heterocycles. The van der Waals surface area contributed by atoms with Crippen LogP contribution in [-0.4, -0.2) is 22.4 Å². The normalized spacial score (nSPS) is 9.92. The highest BCUT2D eigenvalue weighted by Crippen LogP contribution is 2.04. The van der Waals surface area contributed by atoms with E-state index >= 15 is 0 Å². The molecule has 0 saturated heterocycles. The molecule has 0 radical (unpaired) electrons. The van der Waals surface area contributed by atoms with Gasteiger partial charge >= 0.3 is 5.97 Å². The highest BCUT2D eigenvalue weighted by molar-refractivity contribution is 5.87. The average Bonchev–Trinajstić information content (AvgIpc) is 2.30. The van der Waals surface area contributed by atoms with Gasteiger partial charge in [0.05, 0.1) is 12.8 Å². The third-order valence-corrected chi connectivity index (χ3v) is 1.25. The molecule has 66 valence electrons. The maximum atomic E-state index is 12.8. The van der Waals surface area contributed by atoms with E-state index in [2.05, 4.69) is 9.84 Å². The molecule has 0 spiro atoms. The van der Waals surface area contributed by atoms with E-state index in [-0.39, 0.29) is 12.3 Å². The Morgan fingerprint density at radius 3 is 2.92 bits per heavy atom. The molecule has 0 amide bonds. The van der Waals surface area contributed by atoms with Gasteiger partial charge in [0.1, 0.15) is 0 Å². The van der Waals surface area contributed by atoms with Crippen LogP contribution in [0.25, 0.3) is 0 Å². The van der Waals surface area contributed by atoms with Crippen molar-refractivity contribution in [2.45, 2.75) is 6.92 Å². The summed E-state index contributed by atoms with van der Waals surface area (Å²) in [6, 6.07) is 0. The van der Waals surface area contributed by atoms with Gasteiger partial charge in [0, 0.05) is 7.05 Å². The Labute approximate surface area is 68.9 Å². The van der Waals surface area contributed by atoms with Gasteiger partial charge in [0.15, 0.2) is 5.82 Å². The number of hydrogen-bond donors (Lipinski definition) is 0. The predicted octanol–water partition coefficient (Wildman–Crippen LogP) is 0.736. The van der Waals surface area contributed by atoms with Crippen molar-refractivity contribution in [3.05, 3.63) is 17.7 Å². The number of carbonyl (C=O) groups excluding carboxylic acids is 1. The van der Waals surface area contributed by atoms with Gasteiger partial charge in [-0.15, -0.1) is 0 Å². The van der Waals surface area contributed by atoms with Crippen LogP contribution in [0.4, 0.5) is 4.39 Å². The lowest BCUT2D eigenvalue weighted by atomic mass is 10.4. The van der Waals surface area contributed by atoms with Gasteiger partial charge in [-0.2, -0.15) is 5.10 Å². The van der Waals surface area contributed by atoms with Gasteiger partial charge in [-0.05, 0) is 6.92 Å². The van der Waals surface area contributed by atoms with Crippen LogP contribution in [0.15, 0.2) is 6.20 Å². The molecule has 1 heterocycles. The van der Waals surface area contributed by atoms with E-state index < -0.39 is 11.8 Å². The van der Waals surface area contributed by atoms with Crippen LogP contribution in [0.1, 0.15) is 17.4 Å². The highest BCUT2D eigenvalue weighted by atomic mass is 19.1. The van der Waals surface area contributed by atoms with Crippen LogP contribution in [0.5, 0.6) is 0 Å². The molecule has 1 aromatic rings. The maximum Gasteiger partial charge on any atom is 0.361 e. The minimum absolute atomic E-state index is 0.217. The Morgan fingerprint density at radius 2 is 2.50 bits per heavy atom. The molecule has 0 saturated carbocycles. The van der Waals surface area contributed by atoms with Gasteiger partial charge in [0.2, 0.25) is 5.69 Å². The topological polar surface area (TPSA) is 44.1 Å². The number of hydrogen-bond acceptors (Lipinski definition) is 3. The van der Waals surface area contributed by atoms with E-state index in [0.29, 0.717) is 0 Å². The molecule has 4 nitrogen and oxygen atoms in total. The zero-order valence-corrected chi connectivity index (χ0v) is 6.87. The van der Waals surface area contributed by atoms with Crippen molar-refractivity contribution in [1.82, 2.24) is 9.78 Å². The van der Waals surface area contributed by atoms with Crippen molar-refractivity contribution >= 4 is 5.97 Å². The fourth-order valence-corrected chi connectivity index (χ4v) is 0.797. The van der Waals surface area contributed by atoms with Crippen LogP contribution >= 0.6 is 0 Å². The Bertz CT molecular complexity index is 296. The van der Waals surface area contributed by atoms with Crippen molar-refractivity contribution in [1.29, 1.82) is 0 Å². The van der Waals surface area contributed by atoms with Crippen LogP contribution < -0.4 is 0 Å². The molecule has 0 bridgehead atoms. The van der Waals surface area contributed by atoms with Gasteiger partial charge in [-0.1, -0.05) is 0 Å². The van der Waals surface area contributed by atoms with Gasteiger partial charge < -0.3 is 4.74 Å². The zero-order chi connectivity index (χ0) is 9.14. The SMILES string of the molecule is CCOC(=O)c1nn(C)cc1F. The smallest absolute Gasteiger partial charge is 0.361 e. The molecule has 0 fully saturated rings. The Morgan fingerprint density at radius 1 is 1.83 bits per heavy atom. The summed E-state index contributed by atoms with van der Waals surface area (Å²) in [4.78, 5) is 10.9. The number of halogens is 1. The van der Waals surface area contributed by atoms with E-state index in [4.69, 9.17) is 0 Å². The molecule has 12 heavy (non-hydrogen) atoms. The van der Waals surface area contributed by atoms with Crippen LogP contribution in [0.3, 0.4) is 0 Å². The summed E-state index contributed by atoms with van der Waals surface area (Å²) in [5.74, 6) is -1.38. The van der Waals surface area contributed by atoms with E-state index in [1.807, 2.05) is 0 Å². The number of aromatic nitrogens is 2. The summed E-state index contributed by atoms with van der Waals surface area (Å²) >= 11 is 0.